The van der Waals surface area contributed by atoms with Gasteiger partial charge in [-0.05, 0) is 60.0 Å². The second-order valence-corrected chi connectivity index (χ2v) is 12.6. The third-order valence-corrected chi connectivity index (χ3v) is 9.20. The first kappa shape index (κ1) is 36.5. The van der Waals surface area contributed by atoms with Gasteiger partial charge in [0.25, 0.3) is 5.91 Å². The van der Waals surface area contributed by atoms with Gasteiger partial charge in [-0.15, -0.1) is 12.4 Å². The van der Waals surface area contributed by atoms with Crippen molar-refractivity contribution in [2.75, 3.05) is 26.2 Å². The number of benzene rings is 4. The van der Waals surface area contributed by atoms with Gasteiger partial charge in [-0.25, -0.2) is 0 Å². The fraction of sp³-hybridized carbons (Fsp3) is 0.278. The standard InChI is InChI=1S/C36H33Cl2F3N4O3.ClH/c1-2-48-30-20-26(36(39,40)41)12-17-29(30)35(34(47)45-19-18-44(31(46)22-45)21-23-6-4-3-5-7-23)42-32(24-8-13-27(37)14-9-24)33(43-35)25-10-15-28(38)16-11-25;/h3-17,20,32-33,42-43H,2,18-19,21-22H2,1H3;1H. The molecule has 0 saturated carbocycles. The monoisotopic (exact) mass is 732 g/mol. The number of rotatable bonds is 8. The number of piperazine rings is 1. The van der Waals surface area contributed by atoms with Crippen LogP contribution in [0, 0.1) is 0 Å². The number of carbonyl (C=O) groups excluding carboxylic acids is 2. The SMILES string of the molecule is CCOc1cc(C(F)(F)F)ccc1C1(C(=O)N2CCN(Cc3ccccc3)C(=O)C2)NC(c2ccc(Cl)cc2)C(c2ccc(Cl)cc2)N1.Cl. The van der Waals surface area contributed by atoms with Crippen molar-refractivity contribution in [3.8, 4) is 5.75 Å². The number of halogens is 6. The Morgan fingerprint density at radius 3 is 1.96 bits per heavy atom. The first-order valence-corrected chi connectivity index (χ1v) is 16.3. The Hall–Kier alpha value is -3.80. The Balaban J connectivity index is 0.00000468. The Morgan fingerprint density at radius 2 is 1.45 bits per heavy atom. The summed E-state index contributed by atoms with van der Waals surface area (Å²) in [7, 11) is 0. The van der Waals surface area contributed by atoms with Gasteiger partial charge in [-0.2, -0.15) is 13.2 Å². The van der Waals surface area contributed by atoms with Crippen LogP contribution in [0.2, 0.25) is 10.0 Å². The summed E-state index contributed by atoms with van der Waals surface area (Å²) in [5, 5.41) is 7.98. The molecule has 2 heterocycles. The van der Waals surface area contributed by atoms with Crippen molar-refractivity contribution in [3.05, 3.63) is 135 Å². The minimum Gasteiger partial charge on any atom is -0.493 e. The molecule has 0 aliphatic carbocycles. The highest BCUT2D eigenvalue weighted by atomic mass is 35.5. The van der Waals surface area contributed by atoms with Gasteiger partial charge >= 0.3 is 6.18 Å². The van der Waals surface area contributed by atoms with Gasteiger partial charge in [0, 0.05) is 35.2 Å². The second kappa shape index (κ2) is 15.0. The van der Waals surface area contributed by atoms with Crippen LogP contribution in [0.25, 0.3) is 0 Å². The molecule has 13 heteroatoms. The lowest BCUT2D eigenvalue weighted by Crippen LogP contribution is -2.63. The predicted octanol–water partition coefficient (Wildman–Crippen LogP) is 7.53. The minimum absolute atomic E-state index is 0. The number of hydrogen-bond donors (Lipinski definition) is 2. The minimum atomic E-state index is -4.64. The zero-order valence-electron chi connectivity index (χ0n) is 26.3. The molecular weight excluding hydrogens is 700 g/mol. The van der Waals surface area contributed by atoms with Gasteiger partial charge in [0.15, 0.2) is 5.66 Å². The van der Waals surface area contributed by atoms with Crippen molar-refractivity contribution < 1.29 is 27.5 Å². The predicted molar refractivity (Wildman–Crippen MR) is 185 cm³/mol. The lowest BCUT2D eigenvalue weighted by atomic mass is 9.94. The molecule has 4 aromatic rings. The largest absolute Gasteiger partial charge is 0.493 e. The number of ether oxygens (including phenoxy) is 1. The maximum absolute atomic E-state index is 14.9. The third-order valence-electron chi connectivity index (χ3n) is 8.69. The quantitative estimate of drug-likeness (QED) is 0.196. The van der Waals surface area contributed by atoms with Crippen LogP contribution in [-0.4, -0.2) is 47.9 Å². The van der Waals surface area contributed by atoms with E-state index in [1.54, 1.807) is 36.1 Å². The third kappa shape index (κ3) is 7.69. The fourth-order valence-electron chi connectivity index (χ4n) is 6.33. The van der Waals surface area contributed by atoms with E-state index < -0.39 is 35.4 Å². The summed E-state index contributed by atoms with van der Waals surface area (Å²) in [4.78, 5) is 31.5. The maximum Gasteiger partial charge on any atom is 0.416 e. The van der Waals surface area contributed by atoms with Gasteiger partial charge in [0.1, 0.15) is 5.75 Å². The van der Waals surface area contributed by atoms with Crippen LogP contribution in [0.5, 0.6) is 5.75 Å². The molecule has 2 atom stereocenters. The smallest absolute Gasteiger partial charge is 0.416 e. The zero-order chi connectivity index (χ0) is 34.1. The molecule has 2 saturated heterocycles. The van der Waals surface area contributed by atoms with Crippen molar-refractivity contribution >= 4 is 47.4 Å². The molecule has 2 amide bonds. The molecule has 0 bridgehead atoms. The van der Waals surface area contributed by atoms with E-state index in [4.69, 9.17) is 27.9 Å². The average molecular weight is 734 g/mol. The van der Waals surface area contributed by atoms with E-state index >= 15 is 0 Å². The molecule has 7 nitrogen and oxygen atoms in total. The van der Waals surface area contributed by atoms with Crippen molar-refractivity contribution in [1.29, 1.82) is 0 Å². The van der Waals surface area contributed by atoms with Crippen LogP contribution in [0.15, 0.2) is 97.1 Å². The summed E-state index contributed by atoms with van der Waals surface area (Å²) in [6.07, 6.45) is -4.64. The molecular formula is C36H34Cl3F3N4O3. The molecule has 6 rings (SSSR count). The highest BCUT2D eigenvalue weighted by Crippen LogP contribution is 2.46. The average Bonchev–Trinajstić information content (AvgIpc) is 3.48. The molecule has 258 valence electrons. The summed E-state index contributed by atoms with van der Waals surface area (Å²) >= 11 is 12.4. The van der Waals surface area contributed by atoms with E-state index in [1.165, 1.54) is 11.0 Å². The highest BCUT2D eigenvalue weighted by Gasteiger charge is 2.55. The van der Waals surface area contributed by atoms with Gasteiger partial charge in [0.05, 0.1) is 30.8 Å². The van der Waals surface area contributed by atoms with Crippen LogP contribution in [0.1, 0.15) is 46.8 Å². The Labute approximate surface area is 298 Å². The topological polar surface area (TPSA) is 73.9 Å². The van der Waals surface area contributed by atoms with Gasteiger partial charge in [0.2, 0.25) is 5.91 Å². The van der Waals surface area contributed by atoms with E-state index in [0.717, 1.165) is 28.8 Å². The zero-order valence-corrected chi connectivity index (χ0v) is 28.7. The normalized spacial score (nSPS) is 21.0. The summed E-state index contributed by atoms with van der Waals surface area (Å²) < 4.78 is 47.5. The molecule has 0 radical (unpaired) electrons. The van der Waals surface area contributed by atoms with Crippen LogP contribution in [0.3, 0.4) is 0 Å². The van der Waals surface area contributed by atoms with Crippen molar-refractivity contribution in [2.45, 2.75) is 37.4 Å². The lowest BCUT2D eigenvalue weighted by molar-refractivity contribution is -0.150. The number of nitrogens with one attached hydrogen (secondary N) is 2. The highest BCUT2D eigenvalue weighted by molar-refractivity contribution is 6.30. The van der Waals surface area contributed by atoms with E-state index in [0.29, 0.717) is 16.6 Å². The number of nitrogens with zero attached hydrogens (tertiary/aromatic N) is 2. The second-order valence-electron chi connectivity index (χ2n) is 11.8. The first-order chi connectivity index (χ1) is 23.0. The lowest BCUT2D eigenvalue weighted by Gasteiger charge is -2.40. The Bertz CT molecular complexity index is 1720. The maximum atomic E-state index is 14.9. The summed E-state index contributed by atoms with van der Waals surface area (Å²) in [6.45, 7) is 2.39. The van der Waals surface area contributed by atoms with Gasteiger partial charge in [-0.3, -0.25) is 20.2 Å². The summed E-state index contributed by atoms with van der Waals surface area (Å²) in [5.41, 5.74) is -0.0415. The number of carbonyl (C=O) groups is 2. The molecule has 2 fully saturated rings. The number of hydrogen-bond acceptors (Lipinski definition) is 5. The molecule has 2 unspecified atom stereocenters. The molecule has 4 aromatic carbocycles. The fourth-order valence-corrected chi connectivity index (χ4v) is 6.59. The van der Waals surface area contributed by atoms with Crippen molar-refractivity contribution in [1.82, 2.24) is 20.4 Å². The van der Waals surface area contributed by atoms with E-state index in [9.17, 15) is 22.8 Å². The van der Waals surface area contributed by atoms with Crippen molar-refractivity contribution in [2.24, 2.45) is 0 Å². The molecule has 0 aromatic heterocycles. The molecule has 2 aliphatic heterocycles. The first-order valence-electron chi connectivity index (χ1n) is 15.5. The van der Waals surface area contributed by atoms with E-state index in [-0.39, 0.29) is 55.9 Å². The van der Waals surface area contributed by atoms with Crippen molar-refractivity contribution in [3.63, 3.8) is 0 Å². The van der Waals surface area contributed by atoms with Gasteiger partial charge < -0.3 is 14.5 Å². The summed E-state index contributed by atoms with van der Waals surface area (Å²) in [6, 6.07) is 25.8. The molecule has 2 aliphatic rings. The van der Waals surface area contributed by atoms with Crippen LogP contribution >= 0.6 is 35.6 Å². The van der Waals surface area contributed by atoms with Crippen LogP contribution in [-0.2, 0) is 28.0 Å². The number of alkyl halides is 3. The Morgan fingerprint density at radius 1 is 0.878 bits per heavy atom. The number of amides is 2. The molecule has 2 N–H and O–H groups in total. The van der Waals surface area contributed by atoms with Crippen LogP contribution in [0.4, 0.5) is 13.2 Å². The molecule has 49 heavy (non-hydrogen) atoms. The summed E-state index contributed by atoms with van der Waals surface area (Å²) in [5.74, 6) is -0.875. The van der Waals surface area contributed by atoms with E-state index in [2.05, 4.69) is 10.6 Å². The van der Waals surface area contributed by atoms with Crippen LogP contribution < -0.4 is 15.4 Å². The van der Waals surface area contributed by atoms with Gasteiger partial charge in [-0.1, -0.05) is 83.9 Å². The molecule has 0 spiro atoms. The van der Waals surface area contributed by atoms with E-state index in [1.807, 2.05) is 54.6 Å². The Kier molecular flexibility index (Phi) is 11.2.